The molecule has 1 N–H and O–H groups in total. The van der Waals surface area contributed by atoms with Crippen molar-refractivity contribution in [1.82, 2.24) is 24.9 Å². The number of carbonyl (C=O) groups excluding carboxylic acids is 2. The first-order valence-electron chi connectivity index (χ1n) is 9.49. The molecule has 0 atom stereocenters. The van der Waals surface area contributed by atoms with E-state index < -0.39 is 0 Å². The maximum atomic E-state index is 12.7. The Hall–Kier alpha value is -2.57. The Morgan fingerprint density at radius 2 is 2.17 bits per heavy atom. The lowest BCUT2D eigenvalue weighted by Crippen LogP contribution is -2.55. The van der Waals surface area contributed by atoms with Crippen molar-refractivity contribution in [2.24, 2.45) is 12.0 Å². The predicted octanol–water partition coefficient (Wildman–Crippen LogP) is 0.556. The number of carbonyl (C=O) groups is 2. The summed E-state index contributed by atoms with van der Waals surface area (Å²) >= 11 is 0. The molecular formula is C19H28IN7O3. The Kier molecular flexibility index (Phi) is 8.69. The molecule has 0 radical (unpaired) electrons. The molecule has 0 bridgehead atoms. The van der Waals surface area contributed by atoms with Crippen LogP contribution in [0.1, 0.15) is 5.76 Å². The summed E-state index contributed by atoms with van der Waals surface area (Å²) in [6.45, 7) is 1.90. The second-order valence-corrected chi connectivity index (χ2v) is 7.02. The van der Waals surface area contributed by atoms with E-state index in [-0.39, 0.29) is 48.9 Å². The number of piperazine rings is 1. The summed E-state index contributed by atoms with van der Waals surface area (Å²) in [5, 5.41) is 7.39. The highest BCUT2D eigenvalue weighted by Gasteiger charge is 2.28. The number of aryl methyl sites for hydroxylation is 1. The minimum Gasteiger partial charge on any atom is -0.469 e. The number of aromatic nitrogens is 2. The number of hydrogen-bond donors (Lipinski definition) is 1. The van der Waals surface area contributed by atoms with Crippen LogP contribution in [0.4, 0.5) is 5.69 Å². The number of amides is 2. The standard InChI is InChI=1S/C19H27N7O3.HI/c1-23(2)17(27)12-21-19(20-7-6-16-5-4-10-29-16)25-8-9-26(18(28)14-25)15-11-22-24(3)13-15;/h4-5,10-11,13H,6-9,12,14H2,1-3H3,(H,20,21);1H. The molecule has 30 heavy (non-hydrogen) atoms. The van der Waals surface area contributed by atoms with Crippen molar-refractivity contribution >= 4 is 47.4 Å². The quantitative estimate of drug-likeness (QED) is 0.334. The molecule has 1 aliphatic heterocycles. The van der Waals surface area contributed by atoms with Crippen molar-refractivity contribution < 1.29 is 14.0 Å². The summed E-state index contributed by atoms with van der Waals surface area (Å²) < 4.78 is 7.02. The van der Waals surface area contributed by atoms with Crippen LogP contribution in [-0.4, -0.2) is 84.2 Å². The van der Waals surface area contributed by atoms with Crippen molar-refractivity contribution in [1.29, 1.82) is 0 Å². The summed E-state index contributed by atoms with van der Waals surface area (Å²) in [6.07, 6.45) is 5.81. The molecule has 0 saturated carbocycles. The summed E-state index contributed by atoms with van der Waals surface area (Å²) in [4.78, 5) is 34.2. The smallest absolute Gasteiger partial charge is 0.246 e. The van der Waals surface area contributed by atoms with Crippen LogP contribution in [0, 0.1) is 0 Å². The molecule has 1 fully saturated rings. The fraction of sp³-hybridized carbons (Fsp3) is 0.474. The van der Waals surface area contributed by atoms with Crippen LogP contribution in [0.25, 0.3) is 0 Å². The normalized spacial score (nSPS) is 14.5. The van der Waals surface area contributed by atoms with Gasteiger partial charge in [-0.05, 0) is 12.1 Å². The number of nitrogens with zero attached hydrogens (tertiary/aromatic N) is 6. The molecule has 2 amide bonds. The van der Waals surface area contributed by atoms with Gasteiger partial charge in [-0.3, -0.25) is 14.3 Å². The third-order valence-corrected chi connectivity index (χ3v) is 4.62. The molecular weight excluding hydrogens is 501 g/mol. The van der Waals surface area contributed by atoms with E-state index in [1.165, 1.54) is 4.90 Å². The number of guanidine groups is 1. The molecule has 0 aromatic carbocycles. The number of anilines is 1. The molecule has 2 aromatic rings. The van der Waals surface area contributed by atoms with Gasteiger partial charge in [0.1, 0.15) is 18.8 Å². The SMILES string of the molecule is CN(C)C(=O)CN=C(NCCc1ccco1)N1CCN(c2cnn(C)c2)C(=O)C1.I. The van der Waals surface area contributed by atoms with Gasteiger partial charge in [-0.15, -0.1) is 24.0 Å². The maximum Gasteiger partial charge on any atom is 0.246 e. The van der Waals surface area contributed by atoms with Gasteiger partial charge in [0.25, 0.3) is 0 Å². The van der Waals surface area contributed by atoms with Crippen molar-refractivity contribution in [2.75, 3.05) is 51.7 Å². The van der Waals surface area contributed by atoms with E-state index in [0.717, 1.165) is 11.4 Å². The topological polar surface area (TPSA) is 99.2 Å². The monoisotopic (exact) mass is 529 g/mol. The molecule has 3 rings (SSSR count). The highest BCUT2D eigenvalue weighted by Crippen LogP contribution is 2.16. The van der Waals surface area contributed by atoms with Crippen molar-refractivity contribution in [3.63, 3.8) is 0 Å². The zero-order valence-electron chi connectivity index (χ0n) is 17.4. The van der Waals surface area contributed by atoms with Gasteiger partial charge >= 0.3 is 0 Å². The average Bonchev–Trinajstić information content (AvgIpc) is 3.35. The third-order valence-electron chi connectivity index (χ3n) is 4.62. The van der Waals surface area contributed by atoms with Gasteiger partial charge in [-0.2, -0.15) is 5.10 Å². The summed E-state index contributed by atoms with van der Waals surface area (Å²) in [6, 6.07) is 3.75. The maximum absolute atomic E-state index is 12.7. The van der Waals surface area contributed by atoms with E-state index in [0.29, 0.717) is 32.0 Å². The molecule has 164 valence electrons. The van der Waals surface area contributed by atoms with E-state index in [4.69, 9.17) is 4.42 Å². The highest BCUT2D eigenvalue weighted by molar-refractivity contribution is 14.0. The van der Waals surface area contributed by atoms with Gasteiger partial charge in [-0.1, -0.05) is 0 Å². The number of likely N-dealkylation sites (N-methyl/N-ethyl adjacent to an activating group) is 1. The fourth-order valence-electron chi connectivity index (χ4n) is 2.98. The van der Waals surface area contributed by atoms with Crippen LogP contribution in [0.3, 0.4) is 0 Å². The summed E-state index contributed by atoms with van der Waals surface area (Å²) in [5.41, 5.74) is 0.782. The highest BCUT2D eigenvalue weighted by atomic mass is 127. The first kappa shape index (κ1) is 23.7. The number of hydrogen-bond acceptors (Lipinski definition) is 5. The van der Waals surface area contributed by atoms with Crippen LogP contribution in [0.15, 0.2) is 40.2 Å². The number of aliphatic imine (C=N–C) groups is 1. The van der Waals surface area contributed by atoms with E-state index in [2.05, 4.69) is 15.4 Å². The van der Waals surface area contributed by atoms with E-state index >= 15 is 0 Å². The lowest BCUT2D eigenvalue weighted by molar-refractivity contribution is -0.127. The minimum absolute atomic E-state index is 0. The molecule has 3 heterocycles. The van der Waals surface area contributed by atoms with Crippen LogP contribution in [0.5, 0.6) is 0 Å². The zero-order chi connectivity index (χ0) is 20.8. The minimum atomic E-state index is -0.101. The number of furan rings is 1. The Morgan fingerprint density at radius 3 is 2.77 bits per heavy atom. The van der Waals surface area contributed by atoms with Gasteiger partial charge in [0.05, 0.1) is 18.1 Å². The second kappa shape index (κ2) is 11.0. The van der Waals surface area contributed by atoms with Gasteiger partial charge in [0, 0.05) is 53.4 Å². The van der Waals surface area contributed by atoms with E-state index in [1.807, 2.05) is 30.3 Å². The first-order valence-corrected chi connectivity index (χ1v) is 9.49. The molecule has 0 aliphatic carbocycles. The number of halogens is 1. The van der Waals surface area contributed by atoms with Crippen LogP contribution < -0.4 is 10.2 Å². The van der Waals surface area contributed by atoms with Crippen LogP contribution in [0.2, 0.25) is 0 Å². The Labute approximate surface area is 192 Å². The summed E-state index contributed by atoms with van der Waals surface area (Å²) in [7, 11) is 5.20. The molecule has 2 aromatic heterocycles. The van der Waals surface area contributed by atoms with E-state index in [9.17, 15) is 9.59 Å². The average molecular weight is 529 g/mol. The van der Waals surface area contributed by atoms with E-state index in [1.54, 1.807) is 36.1 Å². The van der Waals surface area contributed by atoms with Crippen LogP contribution >= 0.6 is 24.0 Å². The molecule has 11 heteroatoms. The Bertz CT molecular complexity index is 863. The molecule has 1 saturated heterocycles. The fourth-order valence-corrected chi connectivity index (χ4v) is 2.98. The largest absolute Gasteiger partial charge is 0.469 e. The predicted molar refractivity (Wildman–Crippen MR) is 124 cm³/mol. The number of nitrogens with one attached hydrogen (secondary N) is 1. The van der Waals surface area contributed by atoms with Crippen LogP contribution in [-0.2, 0) is 23.1 Å². The van der Waals surface area contributed by atoms with Gasteiger partial charge in [0.15, 0.2) is 5.96 Å². The van der Waals surface area contributed by atoms with Gasteiger partial charge in [0.2, 0.25) is 11.8 Å². The first-order chi connectivity index (χ1) is 13.9. The van der Waals surface area contributed by atoms with Crippen molar-refractivity contribution in [2.45, 2.75) is 6.42 Å². The zero-order valence-corrected chi connectivity index (χ0v) is 19.8. The Morgan fingerprint density at radius 1 is 1.37 bits per heavy atom. The third kappa shape index (κ3) is 6.21. The van der Waals surface area contributed by atoms with Crippen molar-refractivity contribution in [3.8, 4) is 0 Å². The molecule has 1 aliphatic rings. The lowest BCUT2D eigenvalue weighted by Gasteiger charge is -2.35. The summed E-state index contributed by atoms with van der Waals surface area (Å²) in [5.74, 6) is 1.27. The Balaban J connectivity index is 0.00000320. The molecule has 0 unspecified atom stereocenters. The molecule has 0 spiro atoms. The lowest BCUT2D eigenvalue weighted by atomic mass is 10.3. The van der Waals surface area contributed by atoms with Gasteiger partial charge in [-0.25, -0.2) is 4.99 Å². The van der Waals surface area contributed by atoms with Crippen molar-refractivity contribution in [3.05, 3.63) is 36.5 Å². The molecule has 10 nitrogen and oxygen atoms in total. The number of rotatable bonds is 6. The second-order valence-electron chi connectivity index (χ2n) is 7.02. The van der Waals surface area contributed by atoms with Gasteiger partial charge < -0.3 is 24.4 Å².